The van der Waals surface area contributed by atoms with Crippen LogP contribution in [0.4, 0.5) is 4.39 Å². The van der Waals surface area contributed by atoms with Crippen molar-refractivity contribution < 1.29 is 23.8 Å². The molecular weight excluding hydrogens is 353 g/mol. The lowest BCUT2D eigenvalue weighted by Gasteiger charge is -2.23. The van der Waals surface area contributed by atoms with Crippen molar-refractivity contribution in [3.8, 4) is 16.9 Å². The van der Waals surface area contributed by atoms with Gasteiger partial charge in [-0.05, 0) is 37.5 Å². The molecule has 8 heteroatoms. The molecule has 3 heterocycles. The van der Waals surface area contributed by atoms with Gasteiger partial charge in [0.05, 0.1) is 6.10 Å². The molecular formula is C19H18FN3O4. The number of carbonyl (C=O) groups is 1. The van der Waals surface area contributed by atoms with Crippen LogP contribution in [-0.2, 0) is 4.74 Å². The molecule has 27 heavy (non-hydrogen) atoms. The van der Waals surface area contributed by atoms with Crippen molar-refractivity contribution in [2.75, 3.05) is 13.2 Å². The third-order valence-corrected chi connectivity index (χ3v) is 4.48. The van der Waals surface area contributed by atoms with Gasteiger partial charge in [-0.15, -0.1) is 0 Å². The van der Waals surface area contributed by atoms with E-state index in [4.69, 9.17) is 14.6 Å². The SMILES string of the molecule is O=C(O)c1cc2ncc(-c3cc(F)ccc3OCC3CCCCO3)cn2n1. The zero-order chi connectivity index (χ0) is 18.8. The van der Waals surface area contributed by atoms with Crippen molar-refractivity contribution >= 4 is 11.6 Å². The molecule has 140 valence electrons. The van der Waals surface area contributed by atoms with E-state index in [1.807, 2.05) is 0 Å². The van der Waals surface area contributed by atoms with Gasteiger partial charge < -0.3 is 14.6 Å². The first-order valence-corrected chi connectivity index (χ1v) is 8.73. The van der Waals surface area contributed by atoms with Crippen molar-refractivity contribution in [2.24, 2.45) is 0 Å². The maximum atomic E-state index is 13.9. The topological polar surface area (TPSA) is 86.0 Å². The fraction of sp³-hybridized carbons (Fsp3) is 0.316. The number of nitrogens with zero attached hydrogens (tertiary/aromatic N) is 3. The maximum absolute atomic E-state index is 13.9. The zero-order valence-electron chi connectivity index (χ0n) is 14.5. The smallest absolute Gasteiger partial charge is 0.356 e. The monoisotopic (exact) mass is 371 g/mol. The molecule has 4 rings (SSSR count). The number of rotatable bonds is 5. The van der Waals surface area contributed by atoms with Gasteiger partial charge >= 0.3 is 5.97 Å². The number of fused-ring (bicyclic) bond motifs is 1. The molecule has 0 radical (unpaired) electrons. The van der Waals surface area contributed by atoms with Crippen LogP contribution in [0.2, 0.25) is 0 Å². The summed E-state index contributed by atoms with van der Waals surface area (Å²) in [4.78, 5) is 15.3. The predicted octanol–water partition coefficient (Wildman–Crippen LogP) is 3.18. The summed E-state index contributed by atoms with van der Waals surface area (Å²) in [5.74, 6) is -1.03. The van der Waals surface area contributed by atoms with E-state index < -0.39 is 11.8 Å². The molecule has 1 saturated heterocycles. The second kappa shape index (κ2) is 7.32. The lowest BCUT2D eigenvalue weighted by molar-refractivity contribution is -0.0109. The average Bonchev–Trinajstić information content (AvgIpc) is 3.11. The summed E-state index contributed by atoms with van der Waals surface area (Å²) in [6.07, 6.45) is 6.29. The fourth-order valence-electron chi connectivity index (χ4n) is 3.10. The normalized spacial score (nSPS) is 17.1. The number of hydrogen-bond acceptors (Lipinski definition) is 5. The van der Waals surface area contributed by atoms with Gasteiger partial charge in [0.2, 0.25) is 0 Å². The standard InChI is InChI=1S/C19H18FN3O4/c20-13-4-5-17(27-11-14-3-1-2-6-26-14)15(7-13)12-9-21-18-8-16(19(24)25)22-23(18)10-12/h4-5,7-10,14H,1-3,6,11H2,(H,24,25). The Bertz CT molecular complexity index is 982. The molecule has 0 aliphatic carbocycles. The highest BCUT2D eigenvalue weighted by atomic mass is 19.1. The molecule has 1 aliphatic rings. The summed E-state index contributed by atoms with van der Waals surface area (Å²) in [5, 5.41) is 13.0. The summed E-state index contributed by atoms with van der Waals surface area (Å²) in [6, 6.07) is 5.64. The number of benzene rings is 1. The summed E-state index contributed by atoms with van der Waals surface area (Å²) in [5.41, 5.74) is 1.38. The van der Waals surface area contributed by atoms with E-state index in [1.165, 1.54) is 22.7 Å². The molecule has 1 N–H and O–H groups in total. The zero-order valence-corrected chi connectivity index (χ0v) is 14.5. The third kappa shape index (κ3) is 3.75. The van der Waals surface area contributed by atoms with Crippen molar-refractivity contribution in [1.82, 2.24) is 14.6 Å². The number of aromatic carboxylic acids is 1. The van der Waals surface area contributed by atoms with Crippen LogP contribution >= 0.6 is 0 Å². The Balaban J connectivity index is 1.64. The first-order chi connectivity index (χ1) is 13.1. The van der Waals surface area contributed by atoms with E-state index in [0.29, 0.717) is 29.1 Å². The number of carboxylic acid groups (broad SMARTS) is 1. The molecule has 0 spiro atoms. The largest absolute Gasteiger partial charge is 0.490 e. The van der Waals surface area contributed by atoms with Crippen LogP contribution in [0.15, 0.2) is 36.7 Å². The number of halogens is 1. The number of hydrogen-bond donors (Lipinski definition) is 1. The predicted molar refractivity (Wildman–Crippen MR) is 94.4 cm³/mol. The number of aromatic nitrogens is 3. The van der Waals surface area contributed by atoms with E-state index in [2.05, 4.69) is 10.1 Å². The highest BCUT2D eigenvalue weighted by molar-refractivity contribution is 5.86. The van der Waals surface area contributed by atoms with E-state index >= 15 is 0 Å². The Morgan fingerprint density at radius 2 is 2.26 bits per heavy atom. The molecule has 1 fully saturated rings. The number of ether oxygens (including phenoxy) is 2. The van der Waals surface area contributed by atoms with Crippen molar-refractivity contribution in [3.05, 3.63) is 48.2 Å². The fourth-order valence-corrected chi connectivity index (χ4v) is 3.10. The lowest BCUT2D eigenvalue weighted by atomic mass is 10.1. The number of carboxylic acids is 1. The van der Waals surface area contributed by atoms with Crippen LogP contribution in [0.25, 0.3) is 16.8 Å². The second-order valence-electron chi connectivity index (χ2n) is 6.42. The Labute approximate surface area is 154 Å². The van der Waals surface area contributed by atoms with Gasteiger partial charge in [0.1, 0.15) is 18.2 Å². The lowest BCUT2D eigenvalue weighted by Crippen LogP contribution is -2.25. The van der Waals surface area contributed by atoms with Gasteiger partial charge in [-0.1, -0.05) is 0 Å². The minimum absolute atomic E-state index is 0.0292. The van der Waals surface area contributed by atoms with Crippen LogP contribution in [0, 0.1) is 5.82 Å². The average molecular weight is 371 g/mol. The molecule has 1 aromatic carbocycles. The molecule has 0 amide bonds. The quantitative estimate of drug-likeness (QED) is 0.741. The Morgan fingerprint density at radius 1 is 1.37 bits per heavy atom. The van der Waals surface area contributed by atoms with E-state index in [9.17, 15) is 9.18 Å². The van der Waals surface area contributed by atoms with Crippen LogP contribution in [0.5, 0.6) is 5.75 Å². The highest BCUT2D eigenvalue weighted by Crippen LogP contribution is 2.31. The molecule has 1 aliphatic heterocycles. The highest BCUT2D eigenvalue weighted by Gasteiger charge is 2.17. The minimum atomic E-state index is -1.13. The summed E-state index contributed by atoms with van der Waals surface area (Å²) in [7, 11) is 0. The maximum Gasteiger partial charge on any atom is 0.356 e. The summed E-state index contributed by atoms with van der Waals surface area (Å²) in [6.45, 7) is 1.12. The van der Waals surface area contributed by atoms with Crippen LogP contribution in [-0.4, -0.2) is 45.0 Å². The Morgan fingerprint density at radius 3 is 3.04 bits per heavy atom. The third-order valence-electron chi connectivity index (χ3n) is 4.48. The molecule has 7 nitrogen and oxygen atoms in total. The first kappa shape index (κ1) is 17.4. The first-order valence-electron chi connectivity index (χ1n) is 8.73. The van der Waals surface area contributed by atoms with E-state index in [0.717, 1.165) is 25.9 Å². The molecule has 3 aromatic rings. The van der Waals surface area contributed by atoms with Gasteiger partial charge in [0, 0.05) is 36.2 Å². The Kier molecular flexibility index (Phi) is 4.72. The van der Waals surface area contributed by atoms with Gasteiger partial charge in [-0.25, -0.2) is 18.7 Å². The summed E-state index contributed by atoms with van der Waals surface area (Å²) >= 11 is 0. The van der Waals surface area contributed by atoms with Gasteiger partial charge in [0.15, 0.2) is 11.3 Å². The van der Waals surface area contributed by atoms with Gasteiger partial charge in [0.25, 0.3) is 0 Å². The van der Waals surface area contributed by atoms with E-state index in [1.54, 1.807) is 18.5 Å². The van der Waals surface area contributed by atoms with Crippen molar-refractivity contribution in [2.45, 2.75) is 25.4 Å². The Hall–Kier alpha value is -3.00. The second-order valence-corrected chi connectivity index (χ2v) is 6.42. The molecule has 2 aromatic heterocycles. The van der Waals surface area contributed by atoms with Crippen LogP contribution < -0.4 is 4.74 Å². The van der Waals surface area contributed by atoms with Crippen LogP contribution in [0.1, 0.15) is 29.8 Å². The van der Waals surface area contributed by atoms with Gasteiger partial charge in [-0.2, -0.15) is 5.10 Å². The minimum Gasteiger partial charge on any atom is -0.490 e. The molecule has 0 bridgehead atoms. The van der Waals surface area contributed by atoms with Crippen molar-refractivity contribution in [3.63, 3.8) is 0 Å². The summed E-state index contributed by atoms with van der Waals surface area (Å²) < 4.78 is 26.8. The van der Waals surface area contributed by atoms with Crippen LogP contribution in [0.3, 0.4) is 0 Å². The van der Waals surface area contributed by atoms with Gasteiger partial charge in [-0.3, -0.25) is 0 Å². The molecule has 1 atom stereocenters. The van der Waals surface area contributed by atoms with E-state index in [-0.39, 0.29) is 11.8 Å². The molecule has 1 unspecified atom stereocenters. The molecule has 0 saturated carbocycles. The van der Waals surface area contributed by atoms with Crippen molar-refractivity contribution in [1.29, 1.82) is 0 Å².